The van der Waals surface area contributed by atoms with Crippen LogP contribution in [0.3, 0.4) is 0 Å². The van der Waals surface area contributed by atoms with E-state index in [2.05, 4.69) is 10.6 Å². The second-order valence-corrected chi connectivity index (χ2v) is 4.82. The Labute approximate surface area is 112 Å². The van der Waals surface area contributed by atoms with Crippen molar-refractivity contribution in [1.29, 1.82) is 0 Å². The van der Waals surface area contributed by atoms with E-state index in [1.54, 1.807) is 18.2 Å². The Kier molecular flexibility index (Phi) is 4.39. The van der Waals surface area contributed by atoms with Crippen LogP contribution in [0.15, 0.2) is 24.3 Å². The molecule has 5 nitrogen and oxygen atoms in total. The first kappa shape index (κ1) is 13.4. The summed E-state index contributed by atoms with van der Waals surface area (Å²) in [6.07, 6.45) is 4.76. The van der Waals surface area contributed by atoms with E-state index in [0.717, 1.165) is 18.8 Å². The molecule has 2 rings (SSSR count). The molecular weight excluding hydrogens is 244 g/mol. The maximum Gasteiger partial charge on any atom is 0.337 e. The Morgan fingerprint density at radius 3 is 2.68 bits per heavy atom. The van der Waals surface area contributed by atoms with Crippen molar-refractivity contribution in [2.75, 3.05) is 11.9 Å². The molecule has 0 radical (unpaired) electrons. The first-order valence-electron chi connectivity index (χ1n) is 6.54. The van der Waals surface area contributed by atoms with Crippen molar-refractivity contribution in [3.63, 3.8) is 0 Å². The zero-order valence-electron chi connectivity index (χ0n) is 10.7. The summed E-state index contributed by atoms with van der Waals surface area (Å²) in [5, 5.41) is 14.3. The summed E-state index contributed by atoms with van der Waals surface area (Å²) >= 11 is 0. The molecule has 1 aliphatic rings. The van der Waals surface area contributed by atoms with Crippen LogP contribution >= 0.6 is 0 Å². The average molecular weight is 262 g/mol. The van der Waals surface area contributed by atoms with Gasteiger partial charge in [-0.05, 0) is 30.9 Å². The van der Waals surface area contributed by atoms with E-state index in [4.69, 9.17) is 5.11 Å². The van der Waals surface area contributed by atoms with E-state index in [1.807, 2.05) is 0 Å². The van der Waals surface area contributed by atoms with Crippen LogP contribution in [0.4, 0.5) is 10.5 Å². The lowest BCUT2D eigenvalue weighted by Gasteiger charge is -2.09. The number of urea groups is 1. The lowest BCUT2D eigenvalue weighted by Crippen LogP contribution is -2.30. The molecule has 0 heterocycles. The largest absolute Gasteiger partial charge is 0.478 e. The molecule has 1 aromatic rings. The van der Waals surface area contributed by atoms with Crippen molar-refractivity contribution in [1.82, 2.24) is 5.32 Å². The molecule has 102 valence electrons. The average Bonchev–Trinajstić information content (AvgIpc) is 3.19. The van der Waals surface area contributed by atoms with E-state index in [1.165, 1.54) is 18.9 Å². The Morgan fingerprint density at radius 2 is 2.00 bits per heavy atom. The lowest BCUT2D eigenvalue weighted by molar-refractivity contribution is 0.0698. The second kappa shape index (κ2) is 6.22. The van der Waals surface area contributed by atoms with Crippen LogP contribution < -0.4 is 10.6 Å². The third kappa shape index (κ3) is 4.28. The summed E-state index contributed by atoms with van der Waals surface area (Å²) in [5.74, 6) is -0.192. The van der Waals surface area contributed by atoms with Crippen LogP contribution in [0.5, 0.6) is 0 Å². The minimum Gasteiger partial charge on any atom is -0.478 e. The van der Waals surface area contributed by atoms with Gasteiger partial charge in [-0.1, -0.05) is 25.0 Å². The Balaban J connectivity index is 1.78. The van der Waals surface area contributed by atoms with Crippen LogP contribution in [0.25, 0.3) is 0 Å². The smallest absolute Gasteiger partial charge is 0.337 e. The number of aromatic carboxylic acids is 1. The highest BCUT2D eigenvalue weighted by atomic mass is 16.4. The van der Waals surface area contributed by atoms with Crippen molar-refractivity contribution in [3.05, 3.63) is 29.8 Å². The molecule has 0 unspecified atom stereocenters. The predicted octanol–water partition coefficient (Wildman–Crippen LogP) is 2.70. The van der Waals surface area contributed by atoms with Gasteiger partial charge < -0.3 is 15.7 Å². The fourth-order valence-electron chi connectivity index (χ4n) is 1.94. The number of hydrogen-bond donors (Lipinski definition) is 3. The molecule has 1 aliphatic carbocycles. The summed E-state index contributed by atoms with van der Waals surface area (Å²) < 4.78 is 0. The summed E-state index contributed by atoms with van der Waals surface area (Å²) in [6, 6.07) is 6.00. The Hall–Kier alpha value is -2.04. The number of carbonyl (C=O) groups excluding carboxylic acids is 1. The number of carboxylic acid groups (broad SMARTS) is 1. The molecule has 0 saturated heterocycles. The van der Waals surface area contributed by atoms with Gasteiger partial charge in [-0.2, -0.15) is 0 Å². The molecular formula is C14H18N2O3. The van der Waals surface area contributed by atoms with Gasteiger partial charge in [0.25, 0.3) is 0 Å². The third-order valence-corrected chi connectivity index (χ3v) is 3.18. The number of rotatable bonds is 6. The molecule has 0 aromatic heterocycles. The van der Waals surface area contributed by atoms with Crippen LogP contribution in [-0.4, -0.2) is 23.7 Å². The quantitative estimate of drug-likeness (QED) is 0.690. The number of nitrogens with one attached hydrogen (secondary N) is 2. The summed E-state index contributed by atoms with van der Waals surface area (Å²) in [7, 11) is 0. The van der Waals surface area contributed by atoms with Crippen molar-refractivity contribution in [2.24, 2.45) is 5.92 Å². The van der Waals surface area contributed by atoms with Gasteiger partial charge in [0.05, 0.1) is 11.3 Å². The molecule has 0 aliphatic heterocycles. The Bertz CT molecular complexity index is 470. The zero-order valence-corrected chi connectivity index (χ0v) is 10.7. The molecule has 0 spiro atoms. The number of anilines is 1. The normalized spacial score (nSPS) is 13.9. The van der Waals surface area contributed by atoms with Crippen LogP contribution in [-0.2, 0) is 0 Å². The molecule has 5 heteroatoms. The standard InChI is InChI=1S/C14H18N2O3/c17-13(18)11-5-1-2-6-12(11)16-14(19)15-9-3-4-10-7-8-10/h1-2,5-6,10H,3-4,7-9H2,(H,17,18)(H2,15,16,19). The van der Waals surface area contributed by atoms with Crippen molar-refractivity contribution in [2.45, 2.75) is 25.7 Å². The summed E-state index contributed by atoms with van der Waals surface area (Å²) in [6.45, 7) is 0.623. The highest BCUT2D eigenvalue weighted by Crippen LogP contribution is 2.33. The molecule has 0 bridgehead atoms. The van der Waals surface area contributed by atoms with Crippen molar-refractivity contribution in [3.8, 4) is 0 Å². The van der Waals surface area contributed by atoms with E-state index < -0.39 is 5.97 Å². The molecule has 2 amide bonds. The van der Waals surface area contributed by atoms with Gasteiger partial charge in [0.2, 0.25) is 0 Å². The van der Waals surface area contributed by atoms with E-state index >= 15 is 0 Å². The Morgan fingerprint density at radius 1 is 1.26 bits per heavy atom. The summed E-state index contributed by atoms with van der Waals surface area (Å²) in [5.41, 5.74) is 0.408. The number of carboxylic acids is 1. The minimum absolute atomic E-state index is 0.0932. The molecule has 1 fully saturated rings. The van der Waals surface area contributed by atoms with Gasteiger partial charge in [-0.3, -0.25) is 0 Å². The third-order valence-electron chi connectivity index (χ3n) is 3.18. The lowest BCUT2D eigenvalue weighted by atomic mass is 10.2. The van der Waals surface area contributed by atoms with Crippen LogP contribution in [0.2, 0.25) is 0 Å². The predicted molar refractivity (Wildman–Crippen MR) is 72.4 cm³/mol. The van der Waals surface area contributed by atoms with E-state index in [9.17, 15) is 9.59 Å². The fourth-order valence-corrected chi connectivity index (χ4v) is 1.94. The van der Waals surface area contributed by atoms with Gasteiger partial charge in [-0.15, -0.1) is 0 Å². The highest BCUT2D eigenvalue weighted by Gasteiger charge is 2.20. The first-order chi connectivity index (χ1) is 9.16. The van der Waals surface area contributed by atoms with Gasteiger partial charge in [0.15, 0.2) is 0 Å². The number of amides is 2. The van der Waals surface area contributed by atoms with Crippen LogP contribution in [0, 0.1) is 5.92 Å². The molecule has 3 N–H and O–H groups in total. The molecule has 1 aromatic carbocycles. The van der Waals surface area contributed by atoms with Gasteiger partial charge in [0.1, 0.15) is 0 Å². The van der Waals surface area contributed by atoms with Crippen molar-refractivity contribution < 1.29 is 14.7 Å². The topological polar surface area (TPSA) is 78.4 Å². The number of para-hydroxylation sites is 1. The zero-order chi connectivity index (χ0) is 13.7. The first-order valence-corrected chi connectivity index (χ1v) is 6.54. The van der Waals surface area contributed by atoms with Gasteiger partial charge in [-0.25, -0.2) is 9.59 Å². The van der Waals surface area contributed by atoms with Gasteiger partial charge in [0, 0.05) is 6.54 Å². The van der Waals surface area contributed by atoms with E-state index in [-0.39, 0.29) is 11.6 Å². The van der Waals surface area contributed by atoms with Gasteiger partial charge >= 0.3 is 12.0 Å². The maximum absolute atomic E-state index is 11.6. The highest BCUT2D eigenvalue weighted by molar-refractivity contribution is 5.99. The number of hydrogen-bond acceptors (Lipinski definition) is 2. The minimum atomic E-state index is -1.05. The second-order valence-electron chi connectivity index (χ2n) is 4.82. The SMILES string of the molecule is O=C(NCCCC1CC1)Nc1ccccc1C(=O)O. The number of benzene rings is 1. The van der Waals surface area contributed by atoms with Crippen molar-refractivity contribution >= 4 is 17.7 Å². The number of carbonyl (C=O) groups is 2. The fraction of sp³-hybridized carbons (Fsp3) is 0.429. The summed E-state index contributed by atoms with van der Waals surface area (Å²) in [4.78, 5) is 22.6. The van der Waals surface area contributed by atoms with E-state index in [0.29, 0.717) is 12.2 Å². The monoisotopic (exact) mass is 262 g/mol. The maximum atomic E-state index is 11.6. The molecule has 0 atom stereocenters. The molecule has 19 heavy (non-hydrogen) atoms. The molecule has 1 saturated carbocycles. The van der Waals surface area contributed by atoms with Crippen LogP contribution in [0.1, 0.15) is 36.0 Å².